The maximum Gasteiger partial charge on any atom is 0.287 e. The van der Waals surface area contributed by atoms with Crippen LogP contribution < -0.4 is 10.6 Å². The highest BCUT2D eigenvalue weighted by Crippen LogP contribution is 2.16. The highest BCUT2D eigenvalue weighted by Gasteiger charge is 2.22. The molecule has 2 N–H and O–H groups in total. The van der Waals surface area contributed by atoms with Crippen LogP contribution in [0.25, 0.3) is 0 Å². The second-order valence-electron chi connectivity index (χ2n) is 5.12. The average molecular weight is 250 g/mol. The molecule has 2 atom stereocenters. The van der Waals surface area contributed by atoms with E-state index in [0.29, 0.717) is 11.8 Å². The van der Waals surface area contributed by atoms with Gasteiger partial charge < -0.3 is 15.1 Å². The Bertz CT molecular complexity index is 425. The van der Waals surface area contributed by atoms with Gasteiger partial charge in [0.15, 0.2) is 5.76 Å². The highest BCUT2D eigenvalue weighted by atomic mass is 16.4. The molecular formula is C14H22N2O2. The van der Waals surface area contributed by atoms with E-state index in [4.69, 9.17) is 4.42 Å². The fraction of sp³-hybridized carbons (Fsp3) is 0.643. The third-order valence-electron chi connectivity index (χ3n) is 3.52. The zero-order valence-electron chi connectivity index (χ0n) is 11.4. The third kappa shape index (κ3) is 2.93. The molecule has 1 aliphatic heterocycles. The molecule has 4 heteroatoms. The van der Waals surface area contributed by atoms with E-state index in [1.54, 1.807) is 0 Å². The summed E-state index contributed by atoms with van der Waals surface area (Å²) in [4.78, 5) is 12.1. The van der Waals surface area contributed by atoms with E-state index in [1.807, 2.05) is 19.9 Å². The number of furan rings is 1. The maximum atomic E-state index is 12.1. The van der Waals surface area contributed by atoms with Crippen molar-refractivity contribution in [3.05, 3.63) is 23.2 Å². The standard InChI is InChI=1S/C14H22N2O2/c1-4-12-9(2)7-13(18-12)14(17)16-11-5-6-15-10(3)8-11/h7,10-11,15H,4-6,8H2,1-3H3,(H,16,17). The number of hydrogen-bond acceptors (Lipinski definition) is 3. The number of hydrogen-bond donors (Lipinski definition) is 2. The lowest BCUT2D eigenvalue weighted by molar-refractivity contribution is 0.0896. The molecule has 2 unspecified atom stereocenters. The fourth-order valence-electron chi connectivity index (χ4n) is 2.50. The van der Waals surface area contributed by atoms with Gasteiger partial charge in [0.05, 0.1) is 0 Å². The van der Waals surface area contributed by atoms with Gasteiger partial charge >= 0.3 is 0 Å². The normalized spacial score (nSPS) is 23.9. The van der Waals surface area contributed by atoms with E-state index in [-0.39, 0.29) is 11.9 Å². The van der Waals surface area contributed by atoms with Crippen molar-refractivity contribution in [3.8, 4) is 0 Å². The van der Waals surface area contributed by atoms with Crippen LogP contribution in [0.2, 0.25) is 0 Å². The van der Waals surface area contributed by atoms with Crippen LogP contribution in [-0.2, 0) is 6.42 Å². The zero-order chi connectivity index (χ0) is 13.1. The van der Waals surface area contributed by atoms with Crippen LogP contribution in [0.4, 0.5) is 0 Å². The lowest BCUT2D eigenvalue weighted by Crippen LogP contribution is -2.46. The topological polar surface area (TPSA) is 54.3 Å². The molecule has 0 saturated carbocycles. The molecule has 100 valence electrons. The summed E-state index contributed by atoms with van der Waals surface area (Å²) in [6.07, 6.45) is 2.78. The van der Waals surface area contributed by atoms with E-state index in [1.165, 1.54) is 0 Å². The molecule has 0 radical (unpaired) electrons. The highest BCUT2D eigenvalue weighted by molar-refractivity contribution is 5.92. The van der Waals surface area contributed by atoms with E-state index in [0.717, 1.165) is 37.1 Å². The van der Waals surface area contributed by atoms with Crippen LogP contribution in [0, 0.1) is 6.92 Å². The first-order chi connectivity index (χ1) is 8.60. The van der Waals surface area contributed by atoms with Gasteiger partial charge in [-0.1, -0.05) is 6.92 Å². The van der Waals surface area contributed by atoms with Gasteiger partial charge in [0.25, 0.3) is 5.91 Å². The first-order valence-electron chi connectivity index (χ1n) is 6.73. The summed E-state index contributed by atoms with van der Waals surface area (Å²) in [6.45, 7) is 7.11. The molecule has 1 aromatic rings. The molecule has 2 heterocycles. The largest absolute Gasteiger partial charge is 0.456 e. The van der Waals surface area contributed by atoms with Gasteiger partial charge in [-0.2, -0.15) is 0 Å². The van der Waals surface area contributed by atoms with E-state index in [2.05, 4.69) is 17.6 Å². The van der Waals surface area contributed by atoms with Crippen LogP contribution >= 0.6 is 0 Å². The third-order valence-corrected chi connectivity index (χ3v) is 3.52. The van der Waals surface area contributed by atoms with Crippen molar-refractivity contribution in [1.29, 1.82) is 0 Å². The van der Waals surface area contributed by atoms with Crippen LogP contribution in [0.15, 0.2) is 10.5 Å². The minimum atomic E-state index is -0.0862. The number of rotatable bonds is 3. The Labute approximate surface area is 108 Å². The van der Waals surface area contributed by atoms with Crippen LogP contribution in [0.3, 0.4) is 0 Å². The van der Waals surface area contributed by atoms with E-state index in [9.17, 15) is 4.79 Å². The predicted molar refractivity (Wildman–Crippen MR) is 70.8 cm³/mol. The minimum Gasteiger partial charge on any atom is -0.456 e. The Morgan fingerprint density at radius 3 is 3.00 bits per heavy atom. The number of carbonyl (C=O) groups is 1. The van der Waals surface area contributed by atoms with Gasteiger partial charge in [0.1, 0.15) is 5.76 Å². The Balaban J connectivity index is 1.98. The van der Waals surface area contributed by atoms with Crippen molar-refractivity contribution >= 4 is 5.91 Å². The van der Waals surface area contributed by atoms with Gasteiger partial charge in [-0.05, 0) is 44.9 Å². The quantitative estimate of drug-likeness (QED) is 0.863. The molecule has 1 amide bonds. The number of piperidine rings is 1. The second-order valence-corrected chi connectivity index (χ2v) is 5.12. The molecule has 1 saturated heterocycles. The first kappa shape index (κ1) is 13.1. The monoisotopic (exact) mass is 250 g/mol. The molecule has 1 aliphatic rings. The summed E-state index contributed by atoms with van der Waals surface area (Å²) in [5, 5.41) is 6.43. The molecule has 1 aromatic heterocycles. The summed E-state index contributed by atoms with van der Waals surface area (Å²) in [7, 11) is 0. The van der Waals surface area contributed by atoms with Crippen LogP contribution in [-0.4, -0.2) is 24.5 Å². The molecular weight excluding hydrogens is 228 g/mol. The molecule has 2 rings (SSSR count). The molecule has 18 heavy (non-hydrogen) atoms. The van der Waals surface area contributed by atoms with Crippen molar-refractivity contribution in [2.75, 3.05) is 6.54 Å². The van der Waals surface area contributed by atoms with Gasteiger partial charge in [-0.15, -0.1) is 0 Å². The maximum absolute atomic E-state index is 12.1. The Morgan fingerprint density at radius 1 is 1.61 bits per heavy atom. The minimum absolute atomic E-state index is 0.0862. The second kappa shape index (κ2) is 5.57. The lowest BCUT2D eigenvalue weighted by Gasteiger charge is -2.28. The van der Waals surface area contributed by atoms with Crippen molar-refractivity contribution in [3.63, 3.8) is 0 Å². The van der Waals surface area contributed by atoms with Crippen molar-refractivity contribution < 1.29 is 9.21 Å². The predicted octanol–water partition coefficient (Wildman–Crippen LogP) is 2.02. The summed E-state index contributed by atoms with van der Waals surface area (Å²) < 4.78 is 5.57. The number of nitrogens with one attached hydrogen (secondary N) is 2. The average Bonchev–Trinajstić information content (AvgIpc) is 2.70. The Morgan fingerprint density at radius 2 is 2.39 bits per heavy atom. The Hall–Kier alpha value is -1.29. The summed E-state index contributed by atoms with van der Waals surface area (Å²) in [6, 6.07) is 2.55. The number of amides is 1. The number of aryl methyl sites for hydroxylation is 2. The Kier molecular flexibility index (Phi) is 4.07. The molecule has 1 fully saturated rings. The lowest BCUT2D eigenvalue weighted by atomic mass is 10.0. The van der Waals surface area contributed by atoms with Crippen molar-refractivity contribution in [1.82, 2.24) is 10.6 Å². The zero-order valence-corrected chi connectivity index (χ0v) is 11.4. The molecule has 0 aliphatic carbocycles. The smallest absolute Gasteiger partial charge is 0.287 e. The van der Waals surface area contributed by atoms with E-state index < -0.39 is 0 Å². The first-order valence-corrected chi connectivity index (χ1v) is 6.73. The van der Waals surface area contributed by atoms with Crippen molar-refractivity contribution in [2.24, 2.45) is 0 Å². The number of carbonyl (C=O) groups excluding carboxylic acids is 1. The van der Waals surface area contributed by atoms with Crippen LogP contribution in [0.5, 0.6) is 0 Å². The van der Waals surface area contributed by atoms with Crippen molar-refractivity contribution in [2.45, 2.75) is 52.1 Å². The SMILES string of the molecule is CCc1oc(C(=O)NC2CCNC(C)C2)cc1C. The fourth-order valence-corrected chi connectivity index (χ4v) is 2.50. The molecule has 0 spiro atoms. The van der Waals surface area contributed by atoms with Gasteiger partial charge in [0.2, 0.25) is 0 Å². The molecule has 4 nitrogen and oxygen atoms in total. The molecule has 0 bridgehead atoms. The van der Waals surface area contributed by atoms with Crippen LogP contribution in [0.1, 0.15) is 48.6 Å². The molecule has 0 aromatic carbocycles. The van der Waals surface area contributed by atoms with Gasteiger partial charge in [-0.25, -0.2) is 0 Å². The summed E-state index contributed by atoms with van der Waals surface area (Å²) in [5.41, 5.74) is 1.06. The van der Waals surface area contributed by atoms with Gasteiger partial charge in [0, 0.05) is 18.5 Å². The van der Waals surface area contributed by atoms with E-state index >= 15 is 0 Å². The summed E-state index contributed by atoms with van der Waals surface area (Å²) in [5.74, 6) is 1.26. The summed E-state index contributed by atoms with van der Waals surface area (Å²) >= 11 is 0. The van der Waals surface area contributed by atoms with Gasteiger partial charge in [-0.3, -0.25) is 4.79 Å².